The van der Waals surface area contributed by atoms with Crippen LogP contribution in [0, 0.1) is 0 Å². The van der Waals surface area contributed by atoms with Crippen LogP contribution in [0.3, 0.4) is 0 Å². The molecule has 2 saturated heterocycles. The van der Waals surface area contributed by atoms with Crippen molar-refractivity contribution in [2.75, 3.05) is 46.6 Å². The number of piperazine rings is 1. The molecule has 12 nitrogen and oxygen atoms in total. The summed E-state index contributed by atoms with van der Waals surface area (Å²) in [7, 11) is 1.88. The molecule has 5 heterocycles. The van der Waals surface area contributed by atoms with Crippen molar-refractivity contribution in [1.29, 1.82) is 0 Å². The molecule has 7 rings (SSSR count). The molecule has 3 aliphatic heterocycles. The number of halogens is 1. The van der Waals surface area contributed by atoms with E-state index in [-0.39, 0.29) is 17.7 Å². The molecule has 1 atom stereocenters. The highest BCUT2D eigenvalue weighted by Gasteiger charge is 2.32. The summed E-state index contributed by atoms with van der Waals surface area (Å²) in [6.07, 6.45) is 2.75. The Labute approximate surface area is 246 Å². The van der Waals surface area contributed by atoms with E-state index in [1.807, 2.05) is 31.3 Å². The van der Waals surface area contributed by atoms with E-state index in [0.717, 1.165) is 59.7 Å². The van der Waals surface area contributed by atoms with Crippen molar-refractivity contribution in [2.24, 2.45) is 7.05 Å². The van der Waals surface area contributed by atoms with Crippen LogP contribution in [0.4, 0.5) is 28.8 Å². The van der Waals surface area contributed by atoms with Crippen molar-refractivity contribution in [3.63, 3.8) is 0 Å². The second kappa shape index (κ2) is 10.3. The van der Waals surface area contributed by atoms with Crippen molar-refractivity contribution in [2.45, 2.75) is 25.2 Å². The van der Waals surface area contributed by atoms with Crippen molar-refractivity contribution in [1.82, 2.24) is 25.1 Å². The number of fused-ring (bicyclic) bond motifs is 2. The molecule has 1 unspecified atom stereocenters. The van der Waals surface area contributed by atoms with E-state index in [1.54, 1.807) is 10.9 Å². The van der Waals surface area contributed by atoms with Crippen molar-refractivity contribution >= 4 is 69.1 Å². The molecule has 2 aromatic carbocycles. The quantitative estimate of drug-likeness (QED) is 0.302. The Morgan fingerprint density at radius 3 is 2.60 bits per heavy atom. The Kier molecular flexibility index (Phi) is 6.42. The summed E-state index contributed by atoms with van der Waals surface area (Å²) in [5.41, 5.74) is 5.29. The normalized spacial score (nSPS) is 18.7. The van der Waals surface area contributed by atoms with Gasteiger partial charge in [0.15, 0.2) is 5.82 Å². The molecular formula is C29H28ClN9O3. The molecule has 3 amide bonds. The lowest BCUT2D eigenvalue weighted by Crippen LogP contribution is -2.47. The maximum Gasteiger partial charge on any atom is 0.235 e. The number of benzene rings is 2. The maximum absolute atomic E-state index is 12.5. The van der Waals surface area contributed by atoms with Gasteiger partial charge in [0.05, 0.1) is 29.7 Å². The standard InChI is InChI=1S/C29H28ClN9O3/c1-37-23-14-18(3-4-19(23)26(36-37)20-5-7-24(40)34-28(20)42)38-8-10-39(11-9-38)29-31-15-21(30)27(35-29)32-17-2-6-22-16(12-17)13-25(41)33-22/h2-4,6,12,14-15,20H,5,7-11,13H2,1H3,(H,33,41)(H,31,32,35)(H,34,40,42). The van der Waals surface area contributed by atoms with Gasteiger partial charge in [-0.3, -0.25) is 24.4 Å². The molecule has 3 N–H and O–H groups in total. The molecule has 2 aromatic heterocycles. The molecule has 42 heavy (non-hydrogen) atoms. The smallest absolute Gasteiger partial charge is 0.235 e. The van der Waals surface area contributed by atoms with Crippen LogP contribution < -0.4 is 25.8 Å². The van der Waals surface area contributed by atoms with Gasteiger partial charge in [-0.25, -0.2) is 4.98 Å². The van der Waals surface area contributed by atoms with Gasteiger partial charge in [0.2, 0.25) is 23.7 Å². The fourth-order valence-corrected chi connectivity index (χ4v) is 6.03. The zero-order chi connectivity index (χ0) is 29.0. The first-order valence-electron chi connectivity index (χ1n) is 13.8. The lowest BCUT2D eigenvalue weighted by atomic mass is 9.93. The summed E-state index contributed by atoms with van der Waals surface area (Å²) in [5, 5.41) is 14.5. The van der Waals surface area contributed by atoms with Crippen LogP contribution in [-0.4, -0.2) is 63.6 Å². The molecule has 0 aliphatic carbocycles. The van der Waals surface area contributed by atoms with E-state index < -0.39 is 5.92 Å². The van der Waals surface area contributed by atoms with Crippen LogP contribution in [0.5, 0.6) is 0 Å². The summed E-state index contributed by atoms with van der Waals surface area (Å²) < 4.78 is 1.81. The number of imide groups is 1. The molecule has 0 spiro atoms. The van der Waals surface area contributed by atoms with Gasteiger partial charge in [-0.05, 0) is 48.4 Å². The number of aryl methyl sites for hydroxylation is 1. The van der Waals surface area contributed by atoms with Crippen LogP contribution in [0.2, 0.25) is 5.02 Å². The second-order valence-electron chi connectivity index (χ2n) is 10.8. The Morgan fingerprint density at radius 2 is 1.79 bits per heavy atom. The molecule has 4 aromatic rings. The molecule has 0 radical (unpaired) electrons. The van der Waals surface area contributed by atoms with Crippen molar-refractivity contribution in [3.8, 4) is 0 Å². The third-order valence-electron chi connectivity index (χ3n) is 8.09. The predicted molar refractivity (Wildman–Crippen MR) is 159 cm³/mol. The van der Waals surface area contributed by atoms with Gasteiger partial charge >= 0.3 is 0 Å². The zero-order valence-electron chi connectivity index (χ0n) is 22.9. The first-order valence-corrected chi connectivity index (χ1v) is 14.2. The van der Waals surface area contributed by atoms with Gasteiger partial charge in [0.25, 0.3) is 0 Å². The van der Waals surface area contributed by atoms with E-state index >= 15 is 0 Å². The topological polar surface area (TPSA) is 137 Å². The highest BCUT2D eigenvalue weighted by Crippen LogP contribution is 2.33. The van der Waals surface area contributed by atoms with E-state index in [2.05, 4.69) is 48.0 Å². The average Bonchev–Trinajstić information content (AvgIpc) is 3.52. The van der Waals surface area contributed by atoms with Gasteiger partial charge in [0, 0.05) is 62.1 Å². The summed E-state index contributed by atoms with van der Waals surface area (Å²) in [4.78, 5) is 49.4. The Hall–Kier alpha value is -4.71. The van der Waals surface area contributed by atoms with E-state index in [1.165, 1.54) is 0 Å². The van der Waals surface area contributed by atoms with Gasteiger partial charge in [-0.15, -0.1) is 0 Å². The minimum absolute atomic E-state index is 0.0131. The number of carbonyl (C=O) groups is 3. The molecular weight excluding hydrogens is 558 g/mol. The number of nitrogens with zero attached hydrogens (tertiary/aromatic N) is 6. The third kappa shape index (κ3) is 4.77. The predicted octanol–water partition coefficient (Wildman–Crippen LogP) is 3.10. The summed E-state index contributed by atoms with van der Waals surface area (Å²) in [6.45, 7) is 2.98. The van der Waals surface area contributed by atoms with Gasteiger partial charge < -0.3 is 20.4 Å². The Bertz CT molecular complexity index is 1760. The van der Waals surface area contributed by atoms with Gasteiger partial charge in [-0.1, -0.05) is 11.6 Å². The van der Waals surface area contributed by atoms with Crippen LogP contribution >= 0.6 is 11.6 Å². The first-order chi connectivity index (χ1) is 20.3. The van der Waals surface area contributed by atoms with Crippen LogP contribution in [-0.2, 0) is 27.9 Å². The number of rotatable bonds is 5. The first kappa shape index (κ1) is 26.2. The minimum atomic E-state index is -0.427. The van der Waals surface area contributed by atoms with Crippen LogP contribution in [0.15, 0.2) is 42.6 Å². The number of aromatic nitrogens is 4. The zero-order valence-corrected chi connectivity index (χ0v) is 23.6. The lowest BCUT2D eigenvalue weighted by molar-refractivity contribution is -0.134. The third-order valence-corrected chi connectivity index (χ3v) is 8.36. The fourth-order valence-electron chi connectivity index (χ4n) is 5.89. The number of anilines is 5. The molecule has 214 valence electrons. The molecule has 3 aliphatic rings. The highest BCUT2D eigenvalue weighted by molar-refractivity contribution is 6.32. The Balaban J connectivity index is 1.04. The van der Waals surface area contributed by atoms with Gasteiger partial charge in [-0.2, -0.15) is 10.1 Å². The molecule has 0 bridgehead atoms. The van der Waals surface area contributed by atoms with Crippen molar-refractivity contribution < 1.29 is 14.4 Å². The largest absolute Gasteiger partial charge is 0.368 e. The molecule has 0 saturated carbocycles. The summed E-state index contributed by atoms with van der Waals surface area (Å²) in [5.74, 6) is 0.148. The monoisotopic (exact) mass is 585 g/mol. The Morgan fingerprint density at radius 1 is 0.976 bits per heavy atom. The number of carbonyl (C=O) groups excluding carboxylic acids is 3. The maximum atomic E-state index is 12.5. The van der Waals surface area contributed by atoms with Gasteiger partial charge in [0.1, 0.15) is 5.02 Å². The number of nitrogens with one attached hydrogen (secondary N) is 3. The lowest BCUT2D eigenvalue weighted by Gasteiger charge is -2.36. The molecule has 13 heteroatoms. The number of amides is 3. The summed E-state index contributed by atoms with van der Waals surface area (Å²) >= 11 is 6.43. The van der Waals surface area contributed by atoms with Crippen molar-refractivity contribution in [3.05, 3.63) is 58.9 Å². The average molecular weight is 586 g/mol. The SMILES string of the molecule is Cn1nc(C2CCC(=O)NC2=O)c2ccc(N3CCN(c4ncc(Cl)c(Nc5ccc6c(c5)CC(=O)N6)n4)CC3)cc21. The van der Waals surface area contributed by atoms with E-state index in [4.69, 9.17) is 16.6 Å². The van der Waals surface area contributed by atoms with E-state index in [0.29, 0.717) is 41.7 Å². The fraction of sp³-hybridized carbons (Fsp3) is 0.310. The number of hydrogen-bond acceptors (Lipinski definition) is 9. The van der Waals surface area contributed by atoms with E-state index in [9.17, 15) is 14.4 Å². The number of hydrogen-bond donors (Lipinski definition) is 3. The molecule has 2 fully saturated rings. The minimum Gasteiger partial charge on any atom is -0.368 e. The summed E-state index contributed by atoms with van der Waals surface area (Å²) in [6, 6.07) is 11.9. The van der Waals surface area contributed by atoms with Crippen LogP contribution in [0.1, 0.15) is 30.0 Å². The number of piperidine rings is 1. The highest BCUT2D eigenvalue weighted by atomic mass is 35.5. The second-order valence-corrected chi connectivity index (χ2v) is 11.2. The van der Waals surface area contributed by atoms with Crippen LogP contribution in [0.25, 0.3) is 10.9 Å².